The average molecular weight is 255 g/mol. The molecule has 0 aromatic carbocycles. The number of aromatic nitrogens is 2. The number of rotatable bonds is 2. The molecule has 2 rings (SSSR count). The normalized spacial score (nSPS) is 17.4. The van der Waals surface area contributed by atoms with Crippen molar-refractivity contribution in [3.8, 4) is 0 Å². The molecule has 0 unspecified atom stereocenters. The first-order chi connectivity index (χ1) is 8.11. The van der Waals surface area contributed by atoms with Crippen molar-refractivity contribution >= 4 is 16.7 Å². The fraction of sp³-hybridized carbons (Fsp3) is 0.636. The zero-order valence-electron chi connectivity index (χ0n) is 10.2. The molecule has 2 heterocycles. The molecule has 1 fully saturated rings. The van der Waals surface area contributed by atoms with E-state index in [9.17, 15) is 9.00 Å². The number of hydrogen-bond acceptors (Lipinski definition) is 3. The third-order valence-electron chi connectivity index (χ3n) is 2.94. The third-order valence-corrected chi connectivity index (χ3v) is 4.21. The first-order valence-electron chi connectivity index (χ1n) is 5.78. The van der Waals surface area contributed by atoms with Crippen LogP contribution in [0.15, 0.2) is 6.20 Å². The van der Waals surface area contributed by atoms with E-state index in [1.54, 1.807) is 15.8 Å². The Labute approximate surface area is 103 Å². The van der Waals surface area contributed by atoms with E-state index in [-0.39, 0.29) is 5.91 Å². The van der Waals surface area contributed by atoms with E-state index >= 15 is 0 Å². The molecule has 1 saturated heterocycles. The molecule has 0 radical (unpaired) electrons. The SMILES string of the molecule is CCc1nn(C)cc1C(=O)N1CCS(=O)CC1. The molecule has 17 heavy (non-hydrogen) atoms. The second kappa shape index (κ2) is 5.00. The highest BCUT2D eigenvalue weighted by molar-refractivity contribution is 7.85. The van der Waals surface area contributed by atoms with Crippen molar-refractivity contribution in [3.05, 3.63) is 17.5 Å². The van der Waals surface area contributed by atoms with Crippen LogP contribution in [0.5, 0.6) is 0 Å². The van der Waals surface area contributed by atoms with Gasteiger partial charge < -0.3 is 4.90 Å². The Hall–Kier alpha value is -1.17. The maximum atomic E-state index is 12.3. The zero-order valence-corrected chi connectivity index (χ0v) is 11.0. The molecule has 0 bridgehead atoms. The Morgan fingerprint density at radius 2 is 2.12 bits per heavy atom. The summed E-state index contributed by atoms with van der Waals surface area (Å²) >= 11 is 0. The number of carbonyl (C=O) groups is 1. The predicted octanol–water partition coefficient (Wildman–Crippen LogP) is 0.187. The van der Waals surface area contributed by atoms with Crippen LogP contribution in [0.1, 0.15) is 23.0 Å². The topological polar surface area (TPSA) is 55.2 Å². The fourth-order valence-corrected chi connectivity index (χ4v) is 3.04. The van der Waals surface area contributed by atoms with E-state index in [0.717, 1.165) is 12.1 Å². The van der Waals surface area contributed by atoms with Crippen LogP contribution in [-0.2, 0) is 24.3 Å². The largest absolute Gasteiger partial charge is 0.337 e. The first-order valence-corrected chi connectivity index (χ1v) is 7.27. The molecule has 5 nitrogen and oxygen atoms in total. The summed E-state index contributed by atoms with van der Waals surface area (Å²) in [6.45, 7) is 3.16. The Kier molecular flexibility index (Phi) is 3.61. The summed E-state index contributed by atoms with van der Waals surface area (Å²) in [6, 6.07) is 0. The highest BCUT2D eigenvalue weighted by Crippen LogP contribution is 2.12. The van der Waals surface area contributed by atoms with Crippen molar-refractivity contribution in [2.75, 3.05) is 24.6 Å². The smallest absolute Gasteiger partial charge is 0.257 e. The molecule has 1 aromatic rings. The maximum Gasteiger partial charge on any atom is 0.257 e. The molecule has 1 amide bonds. The first kappa shape index (κ1) is 12.3. The van der Waals surface area contributed by atoms with Crippen LogP contribution in [0.4, 0.5) is 0 Å². The average Bonchev–Trinajstić information content (AvgIpc) is 2.70. The zero-order chi connectivity index (χ0) is 12.4. The van der Waals surface area contributed by atoms with E-state index in [0.29, 0.717) is 30.2 Å². The fourth-order valence-electron chi connectivity index (χ4n) is 1.99. The molecule has 1 aliphatic rings. The Bertz CT molecular complexity index is 446. The third kappa shape index (κ3) is 2.57. The second-order valence-electron chi connectivity index (χ2n) is 4.16. The highest BCUT2D eigenvalue weighted by atomic mass is 32.2. The monoisotopic (exact) mass is 255 g/mol. The molecular weight excluding hydrogens is 238 g/mol. The Balaban J connectivity index is 2.16. The van der Waals surface area contributed by atoms with Gasteiger partial charge in [0.2, 0.25) is 0 Å². The van der Waals surface area contributed by atoms with Crippen LogP contribution in [0, 0.1) is 0 Å². The summed E-state index contributed by atoms with van der Waals surface area (Å²) < 4.78 is 12.9. The number of hydrogen-bond donors (Lipinski definition) is 0. The van der Waals surface area contributed by atoms with Crippen LogP contribution in [0.25, 0.3) is 0 Å². The van der Waals surface area contributed by atoms with Crippen LogP contribution in [0.2, 0.25) is 0 Å². The molecular formula is C11H17N3O2S. The van der Waals surface area contributed by atoms with E-state index in [1.807, 2.05) is 14.0 Å². The van der Waals surface area contributed by atoms with E-state index in [1.165, 1.54) is 0 Å². The van der Waals surface area contributed by atoms with E-state index in [4.69, 9.17) is 0 Å². The van der Waals surface area contributed by atoms with E-state index < -0.39 is 10.8 Å². The molecule has 0 aliphatic carbocycles. The van der Waals surface area contributed by atoms with Crippen molar-refractivity contribution in [1.82, 2.24) is 14.7 Å². The van der Waals surface area contributed by atoms with Crippen LogP contribution in [0.3, 0.4) is 0 Å². The molecule has 0 N–H and O–H groups in total. The van der Waals surface area contributed by atoms with Crippen LogP contribution >= 0.6 is 0 Å². The summed E-state index contributed by atoms with van der Waals surface area (Å²) in [6.07, 6.45) is 2.52. The van der Waals surface area contributed by atoms with Crippen molar-refractivity contribution in [1.29, 1.82) is 0 Å². The van der Waals surface area contributed by atoms with E-state index in [2.05, 4.69) is 5.10 Å². The van der Waals surface area contributed by atoms with Gasteiger partial charge in [0, 0.05) is 48.6 Å². The van der Waals surface area contributed by atoms with Gasteiger partial charge in [-0.25, -0.2) is 0 Å². The summed E-state index contributed by atoms with van der Waals surface area (Å²) in [7, 11) is 1.07. The lowest BCUT2D eigenvalue weighted by molar-refractivity contribution is 0.0770. The Morgan fingerprint density at radius 3 is 2.71 bits per heavy atom. The molecule has 0 saturated carbocycles. The van der Waals surface area contributed by atoms with Gasteiger partial charge in [0.05, 0.1) is 11.3 Å². The van der Waals surface area contributed by atoms with Gasteiger partial charge in [0.1, 0.15) is 0 Å². The van der Waals surface area contributed by atoms with Crippen molar-refractivity contribution in [2.24, 2.45) is 7.05 Å². The lowest BCUT2D eigenvalue weighted by Crippen LogP contribution is -2.41. The van der Waals surface area contributed by atoms with Gasteiger partial charge in [-0.1, -0.05) is 6.92 Å². The van der Waals surface area contributed by atoms with Gasteiger partial charge in [-0.15, -0.1) is 0 Å². The van der Waals surface area contributed by atoms with Crippen molar-refractivity contribution in [3.63, 3.8) is 0 Å². The molecule has 6 heteroatoms. The summed E-state index contributed by atoms with van der Waals surface area (Å²) in [4.78, 5) is 14.0. The predicted molar refractivity (Wildman–Crippen MR) is 66.4 cm³/mol. The minimum absolute atomic E-state index is 0.0200. The molecule has 1 aliphatic heterocycles. The number of aryl methyl sites for hydroxylation is 2. The van der Waals surface area contributed by atoms with Gasteiger partial charge in [-0.2, -0.15) is 5.10 Å². The van der Waals surface area contributed by atoms with Gasteiger partial charge in [-0.05, 0) is 6.42 Å². The molecule has 0 atom stereocenters. The molecule has 1 aromatic heterocycles. The standard InChI is InChI=1S/C11H17N3O2S/c1-3-10-9(8-13(2)12-10)11(15)14-4-6-17(16)7-5-14/h8H,3-7H2,1-2H3. The van der Waals surface area contributed by atoms with Crippen molar-refractivity contribution < 1.29 is 9.00 Å². The second-order valence-corrected chi connectivity index (χ2v) is 5.85. The lowest BCUT2D eigenvalue weighted by atomic mass is 10.2. The van der Waals surface area contributed by atoms with Crippen LogP contribution < -0.4 is 0 Å². The van der Waals surface area contributed by atoms with Gasteiger partial charge in [0.15, 0.2) is 0 Å². The summed E-state index contributed by atoms with van der Waals surface area (Å²) in [5.74, 6) is 1.20. The van der Waals surface area contributed by atoms with Gasteiger partial charge in [-0.3, -0.25) is 13.7 Å². The highest BCUT2D eigenvalue weighted by Gasteiger charge is 2.24. The minimum atomic E-state index is -0.750. The summed E-state index contributed by atoms with van der Waals surface area (Å²) in [5.41, 5.74) is 1.52. The number of nitrogens with zero attached hydrogens (tertiary/aromatic N) is 3. The lowest BCUT2D eigenvalue weighted by Gasteiger charge is -2.26. The van der Waals surface area contributed by atoms with Crippen LogP contribution in [-0.4, -0.2) is 49.4 Å². The molecule has 94 valence electrons. The summed E-state index contributed by atoms with van der Waals surface area (Å²) in [5, 5.41) is 4.27. The maximum absolute atomic E-state index is 12.3. The van der Waals surface area contributed by atoms with Gasteiger partial charge in [0.25, 0.3) is 5.91 Å². The number of amides is 1. The Morgan fingerprint density at radius 1 is 1.47 bits per heavy atom. The number of carbonyl (C=O) groups excluding carboxylic acids is 1. The van der Waals surface area contributed by atoms with Gasteiger partial charge >= 0.3 is 0 Å². The van der Waals surface area contributed by atoms with Crippen molar-refractivity contribution in [2.45, 2.75) is 13.3 Å². The minimum Gasteiger partial charge on any atom is -0.337 e. The quantitative estimate of drug-likeness (QED) is 0.758. The molecule has 0 spiro atoms.